The molecule has 2 aliphatic rings. The first-order chi connectivity index (χ1) is 7.43. The number of rotatable bonds is 0. The van der Waals surface area contributed by atoms with E-state index in [1.807, 2.05) is 11.8 Å². The molecule has 0 fully saturated rings. The van der Waals surface area contributed by atoms with Gasteiger partial charge in [0.25, 0.3) is 0 Å². The maximum Gasteiger partial charge on any atom is 0.0145 e. The van der Waals surface area contributed by atoms with Crippen LogP contribution in [0.1, 0.15) is 12.8 Å². The van der Waals surface area contributed by atoms with Gasteiger partial charge in [0.05, 0.1) is 0 Å². The van der Waals surface area contributed by atoms with E-state index in [1.165, 1.54) is 33.8 Å². The van der Waals surface area contributed by atoms with Crippen LogP contribution in [0.3, 0.4) is 0 Å². The fraction of sp³-hybridized carbons (Fsp3) is 0.143. The van der Waals surface area contributed by atoms with Crippen molar-refractivity contribution in [2.24, 2.45) is 0 Å². The highest BCUT2D eigenvalue weighted by Gasteiger charge is 2.07. The van der Waals surface area contributed by atoms with Gasteiger partial charge in [0.15, 0.2) is 0 Å². The van der Waals surface area contributed by atoms with E-state index in [9.17, 15) is 0 Å². The third kappa shape index (κ3) is 2.11. The predicted molar refractivity (Wildman–Crippen MR) is 74.9 cm³/mol. The first-order valence-corrected chi connectivity index (χ1v) is 6.15. The number of thioether (sulfide) groups is 1. The first kappa shape index (κ1) is 11.6. The molecule has 0 atom stereocenters. The third-order valence-electron chi connectivity index (χ3n) is 2.80. The SMILES string of the molecule is C1=CC2=C(C=c3ccccc3=CS2)CC1.Cl. The predicted octanol–water partition coefficient (Wildman–Crippen LogP) is 2.98. The first-order valence-electron chi connectivity index (χ1n) is 5.27. The highest BCUT2D eigenvalue weighted by Crippen LogP contribution is 2.30. The Kier molecular flexibility index (Phi) is 3.57. The summed E-state index contributed by atoms with van der Waals surface area (Å²) >= 11 is 1.85. The summed E-state index contributed by atoms with van der Waals surface area (Å²) in [6, 6.07) is 8.59. The van der Waals surface area contributed by atoms with Crippen LogP contribution in [0.25, 0.3) is 11.5 Å². The van der Waals surface area contributed by atoms with E-state index in [2.05, 4.69) is 47.9 Å². The van der Waals surface area contributed by atoms with Crippen LogP contribution >= 0.6 is 24.2 Å². The second-order valence-corrected chi connectivity index (χ2v) is 4.75. The Labute approximate surface area is 106 Å². The number of hydrogen-bond donors (Lipinski definition) is 0. The molecule has 0 saturated carbocycles. The normalized spacial score (nSPS) is 17.2. The molecule has 1 aliphatic heterocycles. The van der Waals surface area contributed by atoms with Crippen molar-refractivity contribution >= 4 is 35.7 Å². The minimum absolute atomic E-state index is 0. The van der Waals surface area contributed by atoms with Crippen molar-refractivity contribution in [3.05, 3.63) is 57.3 Å². The summed E-state index contributed by atoms with van der Waals surface area (Å²) in [6.45, 7) is 0. The molecule has 0 aromatic heterocycles. The number of halogens is 1. The molecule has 1 heterocycles. The molecule has 0 unspecified atom stereocenters. The Balaban J connectivity index is 0.000000963. The van der Waals surface area contributed by atoms with Crippen molar-refractivity contribution in [1.29, 1.82) is 0 Å². The van der Waals surface area contributed by atoms with Gasteiger partial charge in [0.1, 0.15) is 0 Å². The quantitative estimate of drug-likeness (QED) is 0.680. The summed E-state index contributed by atoms with van der Waals surface area (Å²) in [7, 11) is 0. The van der Waals surface area contributed by atoms with Crippen LogP contribution in [0.5, 0.6) is 0 Å². The van der Waals surface area contributed by atoms with Crippen LogP contribution in [0, 0.1) is 0 Å². The molecule has 0 spiro atoms. The monoisotopic (exact) mass is 248 g/mol. The van der Waals surface area contributed by atoms with Crippen molar-refractivity contribution in [1.82, 2.24) is 0 Å². The van der Waals surface area contributed by atoms with E-state index >= 15 is 0 Å². The highest BCUT2D eigenvalue weighted by atomic mass is 35.5. The van der Waals surface area contributed by atoms with Crippen molar-refractivity contribution < 1.29 is 0 Å². The summed E-state index contributed by atoms with van der Waals surface area (Å²) in [4.78, 5) is 1.41. The highest BCUT2D eigenvalue weighted by molar-refractivity contribution is 8.10. The van der Waals surface area contributed by atoms with Crippen LogP contribution in [0.4, 0.5) is 0 Å². The topological polar surface area (TPSA) is 0 Å². The summed E-state index contributed by atoms with van der Waals surface area (Å²) in [5.41, 5.74) is 1.49. The lowest BCUT2D eigenvalue weighted by Crippen LogP contribution is -2.22. The average molecular weight is 249 g/mol. The molecular weight excluding hydrogens is 236 g/mol. The zero-order chi connectivity index (χ0) is 10.1. The average Bonchev–Trinajstić information content (AvgIpc) is 2.48. The number of allylic oxidation sites excluding steroid dienone is 3. The Bertz CT molecular complexity index is 567. The van der Waals surface area contributed by atoms with Crippen molar-refractivity contribution in [3.8, 4) is 0 Å². The fourth-order valence-electron chi connectivity index (χ4n) is 1.98. The molecule has 0 saturated heterocycles. The number of hydrogen-bond acceptors (Lipinski definition) is 1. The van der Waals surface area contributed by atoms with Gasteiger partial charge in [-0.3, -0.25) is 0 Å². The summed E-state index contributed by atoms with van der Waals surface area (Å²) < 4.78 is 0. The van der Waals surface area contributed by atoms with Gasteiger partial charge in [0.2, 0.25) is 0 Å². The van der Waals surface area contributed by atoms with Crippen molar-refractivity contribution in [3.63, 3.8) is 0 Å². The smallest absolute Gasteiger partial charge is 0.0145 e. The van der Waals surface area contributed by atoms with Gasteiger partial charge in [-0.2, -0.15) is 0 Å². The molecule has 1 aromatic carbocycles. The Morgan fingerprint density at radius 3 is 2.75 bits per heavy atom. The van der Waals surface area contributed by atoms with Gasteiger partial charge in [-0.15, -0.1) is 12.4 Å². The molecule has 3 rings (SSSR count). The second kappa shape index (κ2) is 4.94. The Hall–Kier alpha value is -0.920. The zero-order valence-corrected chi connectivity index (χ0v) is 10.5. The lowest BCUT2D eigenvalue weighted by Gasteiger charge is -2.09. The Morgan fingerprint density at radius 2 is 1.88 bits per heavy atom. The molecule has 82 valence electrons. The number of benzene rings is 1. The lowest BCUT2D eigenvalue weighted by atomic mass is 10.0. The Morgan fingerprint density at radius 1 is 1.06 bits per heavy atom. The minimum Gasteiger partial charge on any atom is -0.147 e. The zero-order valence-electron chi connectivity index (χ0n) is 8.85. The number of fused-ring (bicyclic) bond motifs is 1. The molecule has 0 nitrogen and oxygen atoms in total. The minimum atomic E-state index is 0. The lowest BCUT2D eigenvalue weighted by molar-refractivity contribution is 0.999. The van der Waals surface area contributed by atoms with Gasteiger partial charge >= 0.3 is 0 Å². The molecule has 0 bridgehead atoms. The van der Waals surface area contributed by atoms with E-state index in [4.69, 9.17) is 0 Å². The molecule has 0 radical (unpaired) electrons. The van der Waals surface area contributed by atoms with E-state index in [0.29, 0.717) is 0 Å². The molecule has 16 heavy (non-hydrogen) atoms. The summed E-state index contributed by atoms with van der Waals surface area (Å²) in [5.74, 6) is 0. The molecule has 1 aliphatic carbocycles. The molecule has 0 amide bonds. The van der Waals surface area contributed by atoms with Crippen molar-refractivity contribution in [2.75, 3.05) is 0 Å². The molecule has 2 heteroatoms. The van der Waals surface area contributed by atoms with Gasteiger partial charge in [-0.05, 0) is 34.3 Å². The van der Waals surface area contributed by atoms with Crippen LogP contribution < -0.4 is 10.4 Å². The van der Waals surface area contributed by atoms with E-state index in [-0.39, 0.29) is 12.4 Å². The van der Waals surface area contributed by atoms with E-state index in [0.717, 1.165) is 0 Å². The van der Waals surface area contributed by atoms with Crippen LogP contribution in [-0.2, 0) is 0 Å². The molecule has 1 aromatic rings. The van der Waals surface area contributed by atoms with Gasteiger partial charge in [-0.25, -0.2) is 0 Å². The maximum atomic E-state index is 2.34. The summed E-state index contributed by atoms with van der Waals surface area (Å²) in [6.07, 6.45) is 9.22. The largest absolute Gasteiger partial charge is 0.147 e. The van der Waals surface area contributed by atoms with Crippen molar-refractivity contribution in [2.45, 2.75) is 12.8 Å². The maximum absolute atomic E-state index is 2.34. The third-order valence-corrected chi connectivity index (χ3v) is 3.83. The van der Waals surface area contributed by atoms with Gasteiger partial charge < -0.3 is 0 Å². The van der Waals surface area contributed by atoms with Gasteiger partial charge in [0, 0.05) is 4.91 Å². The van der Waals surface area contributed by atoms with Gasteiger partial charge in [-0.1, -0.05) is 54.3 Å². The van der Waals surface area contributed by atoms with Crippen LogP contribution in [0.2, 0.25) is 0 Å². The van der Waals surface area contributed by atoms with Crippen LogP contribution in [0.15, 0.2) is 46.9 Å². The molecular formula is C14H13ClS. The van der Waals surface area contributed by atoms with Crippen LogP contribution in [-0.4, -0.2) is 0 Å². The second-order valence-electron chi connectivity index (χ2n) is 3.84. The summed E-state index contributed by atoms with van der Waals surface area (Å²) in [5, 5.41) is 4.94. The molecule has 0 N–H and O–H groups in total. The standard InChI is InChI=1S/C14H12S.ClH/c1-2-7-13-10-15-14-8-4-3-6-12(14)9-11(13)5-1;/h1-2,4-5,7-10H,3,6H2;1H. The van der Waals surface area contributed by atoms with E-state index in [1.54, 1.807) is 0 Å². The fourth-order valence-corrected chi connectivity index (χ4v) is 2.94. The van der Waals surface area contributed by atoms with E-state index < -0.39 is 0 Å².